The van der Waals surface area contributed by atoms with Gasteiger partial charge < -0.3 is 10.1 Å². The van der Waals surface area contributed by atoms with Gasteiger partial charge in [-0.15, -0.1) is 0 Å². The van der Waals surface area contributed by atoms with Gasteiger partial charge in [-0.1, -0.05) is 6.07 Å². The fourth-order valence-corrected chi connectivity index (χ4v) is 2.02. The van der Waals surface area contributed by atoms with Gasteiger partial charge in [-0.25, -0.2) is 4.79 Å². The molecular weight excluding hydrogens is 206 g/mol. The normalized spacial score (nSPS) is 14.0. The van der Waals surface area contributed by atoms with Gasteiger partial charge in [-0.3, -0.25) is 4.79 Å². The van der Waals surface area contributed by atoms with Gasteiger partial charge in [-0.2, -0.15) is 0 Å². The summed E-state index contributed by atoms with van der Waals surface area (Å²) in [5.41, 5.74) is 2.77. The zero-order valence-electron chi connectivity index (χ0n) is 9.29. The molecule has 0 aromatic heterocycles. The molecule has 0 unspecified atom stereocenters. The summed E-state index contributed by atoms with van der Waals surface area (Å²) in [6, 6.07) is 3.55. The van der Waals surface area contributed by atoms with Gasteiger partial charge in [0.15, 0.2) is 0 Å². The van der Waals surface area contributed by atoms with Crippen molar-refractivity contribution >= 4 is 11.9 Å². The fraction of sp³-hybridized carbons (Fsp3) is 0.333. The first-order valence-electron chi connectivity index (χ1n) is 5.14. The zero-order chi connectivity index (χ0) is 11.7. The number of ether oxygens (including phenoxy) is 1. The molecule has 1 heterocycles. The van der Waals surface area contributed by atoms with E-state index in [2.05, 4.69) is 10.1 Å². The lowest BCUT2D eigenvalue weighted by Gasteiger charge is -2.19. The largest absolute Gasteiger partial charge is 0.465 e. The van der Waals surface area contributed by atoms with E-state index in [1.165, 1.54) is 7.11 Å². The van der Waals surface area contributed by atoms with Crippen LogP contribution in [-0.4, -0.2) is 25.5 Å². The molecule has 84 valence electrons. The number of nitrogens with one attached hydrogen (secondary N) is 1. The highest BCUT2D eigenvalue weighted by molar-refractivity contribution is 6.02. The Morgan fingerprint density at radius 1 is 1.44 bits per heavy atom. The van der Waals surface area contributed by atoms with Crippen LogP contribution in [0.15, 0.2) is 12.1 Å². The average Bonchev–Trinajstić information content (AvgIpc) is 2.28. The molecule has 1 N–H and O–H groups in total. The zero-order valence-corrected chi connectivity index (χ0v) is 9.29. The highest BCUT2D eigenvalue weighted by Crippen LogP contribution is 2.22. The third kappa shape index (κ3) is 1.56. The molecule has 0 aliphatic carbocycles. The van der Waals surface area contributed by atoms with Crippen molar-refractivity contribution in [1.82, 2.24) is 5.32 Å². The highest BCUT2D eigenvalue weighted by atomic mass is 16.5. The predicted molar refractivity (Wildman–Crippen MR) is 58.6 cm³/mol. The number of rotatable bonds is 1. The van der Waals surface area contributed by atoms with E-state index in [9.17, 15) is 9.59 Å². The van der Waals surface area contributed by atoms with Crippen molar-refractivity contribution in [2.45, 2.75) is 13.3 Å². The number of benzene rings is 1. The minimum Gasteiger partial charge on any atom is -0.465 e. The monoisotopic (exact) mass is 219 g/mol. The van der Waals surface area contributed by atoms with Crippen LogP contribution in [0.3, 0.4) is 0 Å². The third-order valence-corrected chi connectivity index (χ3v) is 2.86. The van der Waals surface area contributed by atoms with Gasteiger partial charge in [0.25, 0.3) is 5.91 Å². The molecule has 1 aliphatic heterocycles. The molecule has 4 heteroatoms. The number of hydrogen-bond donors (Lipinski definition) is 1. The van der Waals surface area contributed by atoms with E-state index >= 15 is 0 Å². The lowest BCUT2D eigenvalue weighted by atomic mass is 9.92. The van der Waals surface area contributed by atoms with E-state index in [4.69, 9.17) is 0 Å². The Hall–Kier alpha value is -1.84. The van der Waals surface area contributed by atoms with Crippen LogP contribution >= 0.6 is 0 Å². The molecule has 0 atom stereocenters. The van der Waals surface area contributed by atoms with Crippen LogP contribution in [0.2, 0.25) is 0 Å². The summed E-state index contributed by atoms with van der Waals surface area (Å²) in [6.45, 7) is 2.43. The summed E-state index contributed by atoms with van der Waals surface area (Å²) in [7, 11) is 1.33. The number of hydrogen-bond acceptors (Lipinski definition) is 3. The molecule has 0 saturated heterocycles. The summed E-state index contributed by atoms with van der Waals surface area (Å²) in [6.07, 6.45) is 0.809. The first kappa shape index (κ1) is 10.7. The van der Waals surface area contributed by atoms with Crippen LogP contribution in [0, 0.1) is 6.92 Å². The van der Waals surface area contributed by atoms with Crippen LogP contribution < -0.4 is 5.32 Å². The number of esters is 1. The SMILES string of the molecule is COC(=O)c1ccc2c(c1C)C(=O)NCC2. The van der Waals surface area contributed by atoms with Gasteiger partial charge in [0, 0.05) is 12.1 Å². The minimum absolute atomic E-state index is 0.107. The molecule has 0 saturated carbocycles. The number of methoxy groups -OCH3 is 1. The molecule has 0 spiro atoms. The Kier molecular flexibility index (Phi) is 2.64. The van der Waals surface area contributed by atoms with Gasteiger partial charge in [0.05, 0.1) is 12.7 Å². The van der Waals surface area contributed by atoms with Gasteiger partial charge in [0.1, 0.15) is 0 Å². The molecule has 1 aromatic rings. The number of carbonyl (C=O) groups excluding carboxylic acids is 2. The van der Waals surface area contributed by atoms with Crippen LogP contribution in [0.1, 0.15) is 31.8 Å². The summed E-state index contributed by atoms with van der Waals surface area (Å²) in [5, 5.41) is 2.77. The standard InChI is InChI=1S/C12H13NO3/c1-7-9(12(15)16-2)4-3-8-5-6-13-11(14)10(7)8/h3-4H,5-6H2,1-2H3,(H,13,14). The van der Waals surface area contributed by atoms with E-state index in [1.807, 2.05) is 6.07 Å². The molecule has 0 bridgehead atoms. The quantitative estimate of drug-likeness (QED) is 0.719. The van der Waals surface area contributed by atoms with Gasteiger partial charge in [-0.05, 0) is 30.5 Å². The smallest absolute Gasteiger partial charge is 0.338 e. The summed E-state index contributed by atoms with van der Waals surface area (Å²) >= 11 is 0. The van der Waals surface area contributed by atoms with Crippen molar-refractivity contribution in [3.8, 4) is 0 Å². The average molecular weight is 219 g/mol. The van der Waals surface area contributed by atoms with Crippen molar-refractivity contribution in [3.05, 3.63) is 34.4 Å². The van der Waals surface area contributed by atoms with E-state index in [0.29, 0.717) is 23.2 Å². The van der Waals surface area contributed by atoms with E-state index in [1.54, 1.807) is 13.0 Å². The van der Waals surface area contributed by atoms with Crippen molar-refractivity contribution in [1.29, 1.82) is 0 Å². The second-order valence-corrected chi connectivity index (χ2v) is 3.77. The number of carbonyl (C=O) groups is 2. The number of amides is 1. The lowest BCUT2D eigenvalue weighted by Crippen LogP contribution is -2.33. The summed E-state index contributed by atoms with van der Waals surface area (Å²) in [5.74, 6) is -0.511. The summed E-state index contributed by atoms with van der Waals surface area (Å²) in [4.78, 5) is 23.2. The minimum atomic E-state index is -0.404. The van der Waals surface area contributed by atoms with Gasteiger partial charge >= 0.3 is 5.97 Å². The van der Waals surface area contributed by atoms with Gasteiger partial charge in [0.2, 0.25) is 0 Å². The Morgan fingerprint density at radius 3 is 2.88 bits per heavy atom. The highest BCUT2D eigenvalue weighted by Gasteiger charge is 2.22. The molecule has 2 rings (SSSR count). The fourth-order valence-electron chi connectivity index (χ4n) is 2.02. The topological polar surface area (TPSA) is 55.4 Å². The maximum atomic E-state index is 11.7. The molecule has 1 aromatic carbocycles. The molecule has 1 aliphatic rings. The molecule has 16 heavy (non-hydrogen) atoms. The van der Waals surface area contributed by atoms with Crippen molar-refractivity contribution in [2.75, 3.05) is 13.7 Å². The van der Waals surface area contributed by atoms with E-state index < -0.39 is 5.97 Å². The van der Waals surface area contributed by atoms with Crippen molar-refractivity contribution in [2.24, 2.45) is 0 Å². The Morgan fingerprint density at radius 2 is 2.19 bits per heavy atom. The Balaban J connectivity index is 2.57. The van der Waals surface area contributed by atoms with E-state index in [-0.39, 0.29) is 5.91 Å². The van der Waals surface area contributed by atoms with Crippen LogP contribution in [-0.2, 0) is 11.2 Å². The third-order valence-electron chi connectivity index (χ3n) is 2.86. The predicted octanol–water partition coefficient (Wildman–Crippen LogP) is 1.07. The molecule has 4 nitrogen and oxygen atoms in total. The first-order chi connectivity index (χ1) is 7.65. The molecule has 0 radical (unpaired) electrons. The molecule has 1 amide bonds. The lowest BCUT2D eigenvalue weighted by molar-refractivity contribution is 0.0600. The van der Waals surface area contributed by atoms with Crippen LogP contribution in [0.5, 0.6) is 0 Å². The Labute approximate surface area is 93.6 Å². The number of fused-ring (bicyclic) bond motifs is 1. The maximum absolute atomic E-state index is 11.7. The van der Waals surface area contributed by atoms with Crippen LogP contribution in [0.25, 0.3) is 0 Å². The Bertz CT molecular complexity index is 466. The molecular formula is C12H13NO3. The summed E-state index contributed by atoms with van der Waals surface area (Å²) < 4.78 is 4.67. The first-order valence-corrected chi connectivity index (χ1v) is 5.14. The van der Waals surface area contributed by atoms with Crippen molar-refractivity contribution < 1.29 is 14.3 Å². The van der Waals surface area contributed by atoms with E-state index in [0.717, 1.165) is 12.0 Å². The van der Waals surface area contributed by atoms with Crippen molar-refractivity contribution in [3.63, 3.8) is 0 Å². The second kappa shape index (κ2) is 3.96. The molecule has 0 fully saturated rings. The second-order valence-electron chi connectivity index (χ2n) is 3.77. The van der Waals surface area contributed by atoms with Crippen LogP contribution in [0.4, 0.5) is 0 Å². The maximum Gasteiger partial charge on any atom is 0.338 e.